The summed E-state index contributed by atoms with van der Waals surface area (Å²) in [6.07, 6.45) is 1.64. The minimum Gasteiger partial charge on any atom is -0.354 e. The fourth-order valence-corrected chi connectivity index (χ4v) is 2.12. The number of fused-ring (bicyclic) bond motifs is 1. The Morgan fingerprint density at radius 1 is 1.35 bits per heavy atom. The molecule has 0 bridgehead atoms. The van der Waals surface area contributed by atoms with Crippen molar-refractivity contribution in [1.82, 2.24) is 20.2 Å². The first kappa shape index (κ1) is 12.8. The zero-order chi connectivity index (χ0) is 14.1. The van der Waals surface area contributed by atoms with Crippen molar-refractivity contribution in [2.75, 3.05) is 11.9 Å². The second kappa shape index (κ2) is 5.05. The van der Waals surface area contributed by atoms with Crippen LogP contribution in [0.5, 0.6) is 0 Å². The van der Waals surface area contributed by atoms with Gasteiger partial charge in [0.25, 0.3) is 0 Å². The summed E-state index contributed by atoms with van der Waals surface area (Å²) in [6, 6.07) is 4.49. The molecule has 0 atom stereocenters. The van der Waals surface area contributed by atoms with Crippen molar-refractivity contribution >= 4 is 28.6 Å². The molecule has 0 saturated heterocycles. The summed E-state index contributed by atoms with van der Waals surface area (Å²) >= 11 is 5.83. The van der Waals surface area contributed by atoms with Gasteiger partial charge in [-0.1, -0.05) is 11.6 Å². The highest BCUT2D eigenvalue weighted by Gasteiger charge is 2.12. The molecule has 7 heteroatoms. The molecule has 0 aliphatic carbocycles. The van der Waals surface area contributed by atoms with Crippen LogP contribution in [0.3, 0.4) is 0 Å². The number of benzene rings is 1. The number of hydrogen-bond donors (Lipinski definition) is 2. The van der Waals surface area contributed by atoms with Crippen LogP contribution in [0.1, 0.15) is 6.92 Å². The SMILES string of the molecule is CCNc1nc(-c2ccc(F)c(Cl)c2)c2cn[nH]c2n1. The van der Waals surface area contributed by atoms with Gasteiger partial charge in [-0.3, -0.25) is 5.10 Å². The first-order valence-electron chi connectivity index (χ1n) is 6.09. The Morgan fingerprint density at radius 3 is 2.95 bits per heavy atom. The largest absolute Gasteiger partial charge is 0.354 e. The van der Waals surface area contributed by atoms with Gasteiger partial charge in [-0.05, 0) is 25.1 Å². The van der Waals surface area contributed by atoms with Crippen LogP contribution in [-0.4, -0.2) is 26.7 Å². The number of H-pyrrole nitrogens is 1. The van der Waals surface area contributed by atoms with Crippen LogP contribution >= 0.6 is 11.6 Å². The van der Waals surface area contributed by atoms with E-state index in [0.29, 0.717) is 29.4 Å². The molecule has 3 aromatic rings. The maximum absolute atomic E-state index is 13.3. The summed E-state index contributed by atoms with van der Waals surface area (Å²) < 4.78 is 13.3. The third-order valence-electron chi connectivity index (χ3n) is 2.84. The number of rotatable bonds is 3. The smallest absolute Gasteiger partial charge is 0.225 e. The molecule has 2 N–H and O–H groups in total. The highest BCUT2D eigenvalue weighted by molar-refractivity contribution is 6.31. The van der Waals surface area contributed by atoms with Crippen LogP contribution in [0, 0.1) is 5.82 Å². The van der Waals surface area contributed by atoms with Crippen molar-refractivity contribution in [3.63, 3.8) is 0 Å². The molecular weight excluding hydrogens is 281 g/mol. The second-order valence-electron chi connectivity index (χ2n) is 4.19. The Kier molecular flexibility index (Phi) is 3.23. The van der Waals surface area contributed by atoms with E-state index in [1.807, 2.05) is 6.92 Å². The number of nitrogens with one attached hydrogen (secondary N) is 2. The minimum absolute atomic E-state index is 0.0581. The van der Waals surface area contributed by atoms with Gasteiger partial charge in [-0.15, -0.1) is 0 Å². The summed E-state index contributed by atoms with van der Waals surface area (Å²) in [6.45, 7) is 2.65. The van der Waals surface area contributed by atoms with Gasteiger partial charge in [0, 0.05) is 12.1 Å². The van der Waals surface area contributed by atoms with E-state index in [4.69, 9.17) is 11.6 Å². The van der Waals surface area contributed by atoms with Gasteiger partial charge in [0.1, 0.15) is 5.82 Å². The van der Waals surface area contributed by atoms with Crippen LogP contribution in [0.25, 0.3) is 22.3 Å². The molecule has 0 saturated carbocycles. The fraction of sp³-hybridized carbons (Fsp3) is 0.154. The van der Waals surface area contributed by atoms with Crippen molar-refractivity contribution in [3.05, 3.63) is 35.2 Å². The quantitative estimate of drug-likeness (QED) is 0.777. The molecule has 2 heterocycles. The Bertz CT molecular complexity index is 771. The molecule has 0 unspecified atom stereocenters. The van der Waals surface area contributed by atoms with Crippen LogP contribution in [0.4, 0.5) is 10.3 Å². The predicted molar refractivity (Wildman–Crippen MR) is 76.3 cm³/mol. The van der Waals surface area contributed by atoms with Crippen LogP contribution in [-0.2, 0) is 0 Å². The van der Waals surface area contributed by atoms with Gasteiger partial charge < -0.3 is 5.32 Å². The van der Waals surface area contributed by atoms with E-state index in [2.05, 4.69) is 25.5 Å². The lowest BCUT2D eigenvalue weighted by Crippen LogP contribution is -2.03. The molecule has 102 valence electrons. The Morgan fingerprint density at radius 2 is 2.20 bits per heavy atom. The third-order valence-corrected chi connectivity index (χ3v) is 3.13. The van der Waals surface area contributed by atoms with Gasteiger partial charge in [0.2, 0.25) is 5.95 Å². The summed E-state index contributed by atoms with van der Waals surface area (Å²) in [5.74, 6) is 0.0273. The van der Waals surface area contributed by atoms with Crippen molar-refractivity contribution in [2.24, 2.45) is 0 Å². The number of aromatic nitrogens is 4. The Hall–Kier alpha value is -2.21. The lowest BCUT2D eigenvalue weighted by atomic mass is 10.1. The molecule has 20 heavy (non-hydrogen) atoms. The number of nitrogens with zero attached hydrogens (tertiary/aromatic N) is 3. The van der Waals surface area contributed by atoms with E-state index in [9.17, 15) is 4.39 Å². The molecular formula is C13H11ClFN5. The monoisotopic (exact) mass is 291 g/mol. The highest BCUT2D eigenvalue weighted by atomic mass is 35.5. The maximum atomic E-state index is 13.3. The van der Waals surface area contributed by atoms with Crippen molar-refractivity contribution in [1.29, 1.82) is 0 Å². The van der Waals surface area contributed by atoms with Crippen molar-refractivity contribution < 1.29 is 4.39 Å². The third kappa shape index (κ3) is 2.18. The van der Waals surface area contributed by atoms with E-state index in [1.54, 1.807) is 18.3 Å². The molecule has 0 spiro atoms. The molecule has 1 aromatic carbocycles. The standard InChI is InChI=1S/C13H11ClFN5/c1-2-16-13-18-11(8-6-17-20-12(8)19-13)7-3-4-10(15)9(14)5-7/h3-6H,2H2,1H3,(H2,16,17,18,19,20). The van der Waals surface area contributed by atoms with Gasteiger partial charge in [0.05, 0.1) is 22.3 Å². The minimum atomic E-state index is -0.459. The number of anilines is 1. The lowest BCUT2D eigenvalue weighted by molar-refractivity contribution is 0.628. The van der Waals surface area contributed by atoms with Gasteiger partial charge >= 0.3 is 0 Å². The molecule has 3 rings (SSSR count). The summed E-state index contributed by atoms with van der Waals surface area (Å²) in [5, 5.41) is 10.6. The number of hydrogen-bond acceptors (Lipinski definition) is 4. The van der Waals surface area contributed by atoms with Gasteiger partial charge in [-0.25, -0.2) is 9.37 Å². The normalized spacial score (nSPS) is 10.9. The summed E-state index contributed by atoms with van der Waals surface area (Å²) in [7, 11) is 0. The van der Waals surface area contributed by atoms with Crippen molar-refractivity contribution in [2.45, 2.75) is 6.92 Å². The molecule has 0 fully saturated rings. The average Bonchev–Trinajstić information content (AvgIpc) is 2.89. The van der Waals surface area contributed by atoms with E-state index >= 15 is 0 Å². The molecule has 0 aliphatic heterocycles. The topological polar surface area (TPSA) is 66.5 Å². The van der Waals surface area contributed by atoms with Gasteiger partial charge in [-0.2, -0.15) is 10.1 Å². The Labute approximate surface area is 119 Å². The molecule has 2 aromatic heterocycles. The first-order chi connectivity index (χ1) is 9.69. The summed E-state index contributed by atoms with van der Waals surface area (Å²) in [5.41, 5.74) is 1.98. The Balaban J connectivity index is 2.22. The molecule has 0 amide bonds. The maximum Gasteiger partial charge on any atom is 0.225 e. The zero-order valence-electron chi connectivity index (χ0n) is 10.6. The molecule has 5 nitrogen and oxygen atoms in total. The average molecular weight is 292 g/mol. The second-order valence-corrected chi connectivity index (χ2v) is 4.59. The van der Waals surface area contributed by atoms with Crippen molar-refractivity contribution in [3.8, 4) is 11.3 Å². The number of aromatic amines is 1. The van der Waals surface area contributed by atoms with Gasteiger partial charge in [0.15, 0.2) is 5.65 Å². The van der Waals surface area contributed by atoms with Crippen LogP contribution < -0.4 is 5.32 Å². The van der Waals surface area contributed by atoms with E-state index in [0.717, 1.165) is 5.39 Å². The number of halogens is 2. The van der Waals surface area contributed by atoms with Crippen LogP contribution in [0.2, 0.25) is 5.02 Å². The predicted octanol–water partition coefficient (Wildman–Crippen LogP) is 3.24. The van der Waals surface area contributed by atoms with Crippen LogP contribution in [0.15, 0.2) is 24.4 Å². The molecule has 0 radical (unpaired) electrons. The van der Waals surface area contributed by atoms with E-state index in [-0.39, 0.29) is 5.02 Å². The summed E-state index contributed by atoms with van der Waals surface area (Å²) in [4.78, 5) is 8.74. The first-order valence-corrected chi connectivity index (χ1v) is 6.47. The zero-order valence-corrected chi connectivity index (χ0v) is 11.4. The molecule has 0 aliphatic rings. The fourth-order valence-electron chi connectivity index (χ4n) is 1.94. The van der Waals surface area contributed by atoms with E-state index < -0.39 is 5.82 Å². The lowest BCUT2D eigenvalue weighted by Gasteiger charge is -2.07. The highest BCUT2D eigenvalue weighted by Crippen LogP contribution is 2.29. The van der Waals surface area contributed by atoms with E-state index in [1.165, 1.54) is 6.07 Å².